The van der Waals surface area contributed by atoms with Crippen LogP contribution in [-0.2, 0) is 6.54 Å². The van der Waals surface area contributed by atoms with Crippen molar-refractivity contribution < 1.29 is 9.53 Å². The molecular weight excluding hydrogens is 364 g/mol. The standard InChI is InChI=1S/C23H18N4O2/c28-23(19-4-3-5-20(15-19)29-22-6-1-2-10-26-22)27-16-17-7-13-25-21(14-17)18-8-11-24-12-9-18/h1-15H,16H2,(H,27,28). The number of carbonyl (C=O) groups is 1. The summed E-state index contributed by atoms with van der Waals surface area (Å²) in [6.07, 6.45) is 6.84. The molecule has 1 amide bonds. The quantitative estimate of drug-likeness (QED) is 0.539. The van der Waals surface area contributed by atoms with E-state index in [2.05, 4.69) is 20.3 Å². The fourth-order valence-electron chi connectivity index (χ4n) is 2.78. The van der Waals surface area contributed by atoms with E-state index in [4.69, 9.17) is 4.74 Å². The average Bonchev–Trinajstić information content (AvgIpc) is 2.79. The van der Waals surface area contributed by atoms with Crippen LogP contribution in [0.25, 0.3) is 11.3 Å². The summed E-state index contributed by atoms with van der Waals surface area (Å²) in [5.41, 5.74) is 3.29. The first-order chi connectivity index (χ1) is 14.3. The van der Waals surface area contributed by atoms with Gasteiger partial charge in [0.25, 0.3) is 5.91 Å². The van der Waals surface area contributed by atoms with E-state index in [-0.39, 0.29) is 5.91 Å². The van der Waals surface area contributed by atoms with E-state index in [1.165, 1.54) is 0 Å². The van der Waals surface area contributed by atoms with Crippen molar-refractivity contribution in [3.8, 4) is 22.9 Å². The summed E-state index contributed by atoms with van der Waals surface area (Å²) in [5, 5.41) is 2.93. The van der Waals surface area contributed by atoms with Gasteiger partial charge in [-0.05, 0) is 54.1 Å². The van der Waals surface area contributed by atoms with Crippen molar-refractivity contribution >= 4 is 5.91 Å². The molecule has 6 nitrogen and oxygen atoms in total. The summed E-state index contributed by atoms with van der Waals surface area (Å²) >= 11 is 0. The third-order valence-corrected chi connectivity index (χ3v) is 4.21. The molecule has 0 saturated heterocycles. The molecule has 0 spiro atoms. The molecule has 3 aromatic heterocycles. The van der Waals surface area contributed by atoms with E-state index in [9.17, 15) is 4.79 Å². The predicted octanol–water partition coefficient (Wildman–Crippen LogP) is 4.26. The second-order valence-electron chi connectivity index (χ2n) is 6.27. The molecule has 0 aliphatic rings. The van der Waals surface area contributed by atoms with Gasteiger partial charge in [-0.1, -0.05) is 12.1 Å². The molecule has 142 valence electrons. The largest absolute Gasteiger partial charge is 0.439 e. The van der Waals surface area contributed by atoms with Gasteiger partial charge in [-0.15, -0.1) is 0 Å². The summed E-state index contributed by atoms with van der Waals surface area (Å²) in [6, 6.07) is 20.1. The van der Waals surface area contributed by atoms with Gasteiger partial charge in [0.1, 0.15) is 5.75 Å². The van der Waals surface area contributed by atoms with Crippen LogP contribution < -0.4 is 10.1 Å². The van der Waals surface area contributed by atoms with E-state index in [0.29, 0.717) is 23.7 Å². The molecule has 0 radical (unpaired) electrons. The first-order valence-corrected chi connectivity index (χ1v) is 9.10. The summed E-state index contributed by atoms with van der Waals surface area (Å²) in [4.78, 5) is 25.1. The van der Waals surface area contributed by atoms with Crippen molar-refractivity contribution in [2.45, 2.75) is 6.54 Å². The lowest BCUT2D eigenvalue weighted by Gasteiger charge is -2.09. The van der Waals surface area contributed by atoms with Gasteiger partial charge < -0.3 is 10.1 Å². The molecule has 4 aromatic rings. The zero-order valence-corrected chi connectivity index (χ0v) is 15.5. The van der Waals surface area contributed by atoms with Crippen molar-refractivity contribution in [2.75, 3.05) is 0 Å². The van der Waals surface area contributed by atoms with Crippen molar-refractivity contribution in [3.63, 3.8) is 0 Å². The Balaban J connectivity index is 1.42. The van der Waals surface area contributed by atoms with Crippen molar-refractivity contribution in [3.05, 3.63) is 103 Å². The lowest BCUT2D eigenvalue weighted by molar-refractivity contribution is 0.0950. The normalized spacial score (nSPS) is 10.3. The highest BCUT2D eigenvalue weighted by Gasteiger charge is 2.08. The van der Waals surface area contributed by atoms with Crippen LogP contribution in [0.5, 0.6) is 11.6 Å². The third kappa shape index (κ3) is 4.81. The maximum Gasteiger partial charge on any atom is 0.251 e. The molecule has 0 fully saturated rings. The summed E-state index contributed by atoms with van der Waals surface area (Å²) < 4.78 is 5.69. The van der Waals surface area contributed by atoms with Crippen molar-refractivity contribution in [1.29, 1.82) is 0 Å². The Morgan fingerprint density at radius 1 is 0.862 bits per heavy atom. The summed E-state index contributed by atoms with van der Waals surface area (Å²) in [5.74, 6) is 0.851. The highest BCUT2D eigenvalue weighted by molar-refractivity contribution is 5.94. The maximum atomic E-state index is 12.6. The number of aromatic nitrogens is 3. The van der Waals surface area contributed by atoms with Crippen LogP contribution in [0.15, 0.2) is 91.5 Å². The minimum absolute atomic E-state index is 0.182. The topological polar surface area (TPSA) is 77.0 Å². The van der Waals surface area contributed by atoms with Gasteiger partial charge in [-0.2, -0.15) is 0 Å². The highest BCUT2D eigenvalue weighted by Crippen LogP contribution is 2.20. The molecule has 6 heteroatoms. The van der Waals surface area contributed by atoms with Gasteiger partial charge in [0.2, 0.25) is 5.88 Å². The molecule has 1 aromatic carbocycles. The molecule has 0 aliphatic heterocycles. The number of rotatable bonds is 6. The fraction of sp³-hybridized carbons (Fsp3) is 0.0435. The molecule has 0 saturated carbocycles. The minimum atomic E-state index is -0.182. The summed E-state index contributed by atoms with van der Waals surface area (Å²) in [7, 11) is 0. The molecule has 0 atom stereocenters. The van der Waals surface area contributed by atoms with Crippen LogP contribution in [0, 0.1) is 0 Å². The van der Waals surface area contributed by atoms with E-state index in [0.717, 1.165) is 16.8 Å². The maximum absolute atomic E-state index is 12.6. The van der Waals surface area contributed by atoms with Gasteiger partial charge in [0, 0.05) is 48.5 Å². The Morgan fingerprint density at radius 3 is 2.59 bits per heavy atom. The number of hydrogen-bond donors (Lipinski definition) is 1. The SMILES string of the molecule is O=C(NCc1ccnc(-c2ccncc2)c1)c1cccc(Oc2ccccn2)c1. The third-order valence-electron chi connectivity index (χ3n) is 4.21. The van der Waals surface area contributed by atoms with Crippen LogP contribution in [0.4, 0.5) is 0 Å². The van der Waals surface area contributed by atoms with E-state index >= 15 is 0 Å². The number of nitrogens with zero attached hydrogens (tertiary/aromatic N) is 3. The average molecular weight is 382 g/mol. The Hall–Kier alpha value is -4.06. The molecule has 4 rings (SSSR count). The lowest BCUT2D eigenvalue weighted by Crippen LogP contribution is -2.22. The number of hydrogen-bond acceptors (Lipinski definition) is 5. The van der Waals surface area contributed by atoms with Crippen LogP contribution in [0.1, 0.15) is 15.9 Å². The second kappa shape index (κ2) is 8.75. The second-order valence-corrected chi connectivity index (χ2v) is 6.27. The van der Waals surface area contributed by atoms with Gasteiger partial charge in [0.05, 0.1) is 5.69 Å². The number of amides is 1. The highest BCUT2D eigenvalue weighted by atomic mass is 16.5. The number of pyridine rings is 3. The zero-order chi connectivity index (χ0) is 19.9. The Morgan fingerprint density at radius 2 is 1.76 bits per heavy atom. The monoisotopic (exact) mass is 382 g/mol. The van der Waals surface area contributed by atoms with Crippen molar-refractivity contribution in [1.82, 2.24) is 20.3 Å². The Labute approximate surface area is 168 Å². The van der Waals surface area contributed by atoms with E-state index in [1.807, 2.05) is 36.4 Å². The van der Waals surface area contributed by atoms with Crippen LogP contribution >= 0.6 is 0 Å². The molecule has 0 unspecified atom stereocenters. The number of nitrogens with one attached hydrogen (secondary N) is 1. The van der Waals surface area contributed by atoms with E-state index in [1.54, 1.807) is 55.1 Å². The van der Waals surface area contributed by atoms with Gasteiger partial charge in [-0.25, -0.2) is 4.98 Å². The fourth-order valence-corrected chi connectivity index (χ4v) is 2.78. The Kier molecular flexibility index (Phi) is 5.53. The van der Waals surface area contributed by atoms with Gasteiger partial charge in [0.15, 0.2) is 0 Å². The van der Waals surface area contributed by atoms with Crippen molar-refractivity contribution in [2.24, 2.45) is 0 Å². The molecule has 1 N–H and O–H groups in total. The van der Waals surface area contributed by atoms with Crippen LogP contribution in [-0.4, -0.2) is 20.9 Å². The van der Waals surface area contributed by atoms with Gasteiger partial charge in [-0.3, -0.25) is 14.8 Å². The number of carbonyl (C=O) groups excluding carboxylic acids is 1. The molecular formula is C23H18N4O2. The first-order valence-electron chi connectivity index (χ1n) is 9.10. The van der Waals surface area contributed by atoms with Gasteiger partial charge >= 0.3 is 0 Å². The molecule has 0 aliphatic carbocycles. The zero-order valence-electron chi connectivity index (χ0n) is 15.5. The predicted molar refractivity (Wildman–Crippen MR) is 109 cm³/mol. The van der Waals surface area contributed by atoms with Crippen LogP contribution in [0.2, 0.25) is 0 Å². The number of benzene rings is 1. The molecule has 3 heterocycles. The molecule has 29 heavy (non-hydrogen) atoms. The molecule has 0 bridgehead atoms. The van der Waals surface area contributed by atoms with Crippen LogP contribution in [0.3, 0.4) is 0 Å². The Bertz CT molecular complexity index is 1100. The lowest BCUT2D eigenvalue weighted by atomic mass is 10.1. The number of ether oxygens (including phenoxy) is 1. The minimum Gasteiger partial charge on any atom is -0.439 e. The van der Waals surface area contributed by atoms with E-state index < -0.39 is 0 Å². The first kappa shape index (κ1) is 18.3. The smallest absolute Gasteiger partial charge is 0.251 e. The summed E-state index contributed by atoms with van der Waals surface area (Å²) in [6.45, 7) is 0.394.